The Morgan fingerprint density at radius 3 is 1.50 bits per heavy atom. The fourth-order valence-corrected chi connectivity index (χ4v) is 6.30. The summed E-state index contributed by atoms with van der Waals surface area (Å²) in [6, 6.07) is 0. The van der Waals surface area contributed by atoms with Crippen LogP contribution in [0.2, 0.25) is 11.6 Å². The van der Waals surface area contributed by atoms with Gasteiger partial charge < -0.3 is 0 Å². The molecule has 0 amide bonds. The third-order valence-corrected chi connectivity index (χ3v) is 7.05. The molecule has 4 aliphatic carbocycles. The molecule has 0 aromatic rings. The van der Waals surface area contributed by atoms with Gasteiger partial charge in [-0.15, -0.1) is 0 Å². The summed E-state index contributed by atoms with van der Waals surface area (Å²) in [6.45, 7) is 0. The van der Waals surface area contributed by atoms with E-state index in [0.717, 1.165) is 35.3 Å². The second-order valence-electron chi connectivity index (χ2n) is 7.12. The smallest absolute Gasteiger partial charge is 0.195 e. The first-order valence-electron chi connectivity index (χ1n) is 7.45. The molecule has 0 nitrogen and oxygen atoms in total. The van der Waals surface area contributed by atoms with Crippen molar-refractivity contribution in [2.24, 2.45) is 23.7 Å². The molecule has 0 aromatic carbocycles. The molecule has 4 aliphatic rings. The summed E-state index contributed by atoms with van der Waals surface area (Å²) in [6.07, 6.45) is 12.6. The van der Waals surface area contributed by atoms with Gasteiger partial charge in [-0.25, -0.2) is 0 Å². The molecule has 0 unspecified atom stereocenters. The van der Waals surface area contributed by atoms with Gasteiger partial charge in [0.05, 0.1) is 0 Å². The van der Waals surface area contributed by atoms with Crippen molar-refractivity contribution in [1.82, 2.24) is 0 Å². The van der Waals surface area contributed by atoms with Crippen molar-refractivity contribution in [3.8, 4) is 0 Å². The predicted molar refractivity (Wildman–Crippen MR) is 70.0 cm³/mol. The van der Waals surface area contributed by atoms with Crippen LogP contribution in [0.25, 0.3) is 0 Å². The molecule has 4 fully saturated rings. The number of rotatable bonds is 2. The fourth-order valence-electron chi connectivity index (χ4n) is 5.69. The lowest BCUT2D eigenvalue weighted by Gasteiger charge is -2.32. The van der Waals surface area contributed by atoms with E-state index in [0.29, 0.717) is 6.13 Å². The van der Waals surface area contributed by atoms with Gasteiger partial charge in [0.25, 0.3) is 6.13 Å². The minimum atomic E-state index is 0.547. The van der Waals surface area contributed by atoms with Crippen molar-refractivity contribution in [3.05, 3.63) is 0 Å². The van der Waals surface area contributed by atoms with E-state index in [9.17, 15) is 0 Å². The highest BCUT2D eigenvalue weighted by Crippen LogP contribution is 2.60. The van der Waals surface area contributed by atoms with Crippen LogP contribution in [0.4, 0.5) is 0 Å². The van der Waals surface area contributed by atoms with E-state index in [1.807, 2.05) is 0 Å². The minimum absolute atomic E-state index is 0.547. The highest BCUT2D eigenvalue weighted by atomic mass is 35.5. The Morgan fingerprint density at radius 2 is 1.19 bits per heavy atom. The molecular formula is C14H22BCl. The molecule has 6 atom stereocenters. The molecule has 88 valence electrons. The van der Waals surface area contributed by atoms with Crippen LogP contribution < -0.4 is 0 Å². The number of hydrogen-bond donors (Lipinski definition) is 0. The summed E-state index contributed by atoms with van der Waals surface area (Å²) in [4.78, 5) is 0. The lowest BCUT2D eigenvalue weighted by molar-refractivity contribution is 0.443. The molecule has 0 aromatic heterocycles. The van der Waals surface area contributed by atoms with Crippen LogP contribution in [0.3, 0.4) is 0 Å². The van der Waals surface area contributed by atoms with E-state index in [1.165, 1.54) is 51.4 Å². The van der Waals surface area contributed by atoms with Crippen molar-refractivity contribution in [3.63, 3.8) is 0 Å². The van der Waals surface area contributed by atoms with E-state index >= 15 is 0 Å². The van der Waals surface area contributed by atoms with Crippen LogP contribution in [-0.2, 0) is 0 Å². The lowest BCUT2D eigenvalue weighted by atomic mass is 9.46. The van der Waals surface area contributed by atoms with E-state index in [2.05, 4.69) is 0 Å². The van der Waals surface area contributed by atoms with Gasteiger partial charge in [0.15, 0.2) is 0 Å². The van der Waals surface area contributed by atoms with Crippen LogP contribution in [-0.4, -0.2) is 6.13 Å². The van der Waals surface area contributed by atoms with Crippen molar-refractivity contribution in [2.45, 2.75) is 63.0 Å². The van der Waals surface area contributed by atoms with Crippen LogP contribution in [0.15, 0.2) is 0 Å². The molecule has 0 N–H and O–H groups in total. The van der Waals surface area contributed by atoms with Crippen LogP contribution in [0, 0.1) is 23.7 Å². The summed E-state index contributed by atoms with van der Waals surface area (Å²) in [5, 5.41) is 0. The average molecular weight is 237 g/mol. The van der Waals surface area contributed by atoms with Gasteiger partial charge in [-0.2, -0.15) is 11.5 Å². The summed E-state index contributed by atoms with van der Waals surface area (Å²) >= 11 is 6.88. The van der Waals surface area contributed by atoms with Crippen LogP contribution >= 0.6 is 11.5 Å². The standard InChI is InChI=1S/C14H22BCl/c16-15(13-7-9-1-3-11(13)5-9)14-8-10-2-4-12(14)6-10/h9-14H,1-8H2/t9-,10-,11+,12+,13-,14+/m1/s1. The Balaban J connectivity index is 1.48. The zero-order chi connectivity index (χ0) is 10.7. The van der Waals surface area contributed by atoms with Crippen molar-refractivity contribution >= 4 is 17.6 Å². The second-order valence-corrected chi connectivity index (χ2v) is 7.63. The van der Waals surface area contributed by atoms with E-state index < -0.39 is 0 Å². The first-order valence-corrected chi connectivity index (χ1v) is 7.89. The molecule has 4 bridgehead atoms. The quantitative estimate of drug-likeness (QED) is 0.615. The lowest BCUT2D eigenvalue weighted by Crippen LogP contribution is -2.28. The fraction of sp³-hybridized carbons (Fsp3) is 1.00. The molecule has 16 heavy (non-hydrogen) atoms. The molecule has 0 aliphatic heterocycles. The predicted octanol–water partition coefficient (Wildman–Crippen LogP) is 4.60. The van der Waals surface area contributed by atoms with Gasteiger partial charge >= 0.3 is 0 Å². The minimum Gasteiger partial charge on any atom is -0.195 e. The number of halogens is 1. The van der Waals surface area contributed by atoms with Crippen LogP contribution in [0.5, 0.6) is 0 Å². The molecule has 4 saturated carbocycles. The first-order chi connectivity index (χ1) is 7.81. The maximum Gasteiger partial charge on any atom is 0.257 e. The Morgan fingerprint density at radius 1 is 0.688 bits per heavy atom. The monoisotopic (exact) mass is 236 g/mol. The van der Waals surface area contributed by atoms with Gasteiger partial charge in [0, 0.05) is 0 Å². The maximum absolute atomic E-state index is 6.88. The molecule has 4 rings (SSSR count). The van der Waals surface area contributed by atoms with Gasteiger partial charge in [-0.3, -0.25) is 0 Å². The summed E-state index contributed by atoms with van der Waals surface area (Å²) in [5.74, 6) is 5.98. The normalized spacial score (nSPS) is 53.8. The molecule has 0 radical (unpaired) electrons. The molecule has 0 heterocycles. The van der Waals surface area contributed by atoms with E-state index in [-0.39, 0.29) is 0 Å². The second kappa shape index (κ2) is 3.67. The highest BCUT2D eigenvalue weighted by molar-refractivity contribution is 7.08. The summed E-state index contributed by atoms with van der Waals surface area (Å²) in [7, 11) is 0. The Labute approximate surface area is 105 Å². The summed E-state index contributed by atoms with van der Waals surface area (Å²) in [5.41, 5.74) is 0. The zero-order valence-electron chi connectivity index (χ0n) is 10.1. The Bertz CT molecular complexity index is 264. The van der Waals surface area contributed by atoms with Gasteiger partial charge in [0.1, 0.15) is 0 Å². The topological polar surface area (TPSA) is 0 Å². The average Bonchev–Trinajstić information content (AvgIpc) is 3.06. The van der Waals surface area contributed by atoms with Gasteiger partial charge in [0.2, 0.25) is 0 Å². The van der Waals surface area contributed by atoms with Crippen LogP contribution in [0.1, 0.15) is 51.4 Å². The van der Waals surface area contributed by atoms with Crippen molar-refractivity contribution in [1.29, 1.82) is 0 Å². The van der Waals surface area contributed by atoms with E-state index in [4.69, 9.17) is 11.5 Å². The maximum atomic E-state index is 6.88. The third kappa shape index (κ3) is 1.43. The number of fused-ring (bicyclic) bond motifs is 4. The summed E-state index contributed by atoms with van der Waals surface area (Å²) < 4.78 is 0. The largest absolute Gasteiger partial charge is 0.257 e. The third-order valence-electron chi connectivity index (χ3n) is 6.40. The van der Waals surface area contributed by atoms with Gasteiger partial charge in [-0.1, -0.05) is 38.5 Å². The Hall–Kier alpha value is 0.355. The first kappa shape index (κ1) is 10.3. The Kier molecular flexibility index (Phi) is 2.36. The molecule has 0 spiro atoms. The highest BCUT2D eigenvalue weighted by Gasteiger charge is 2.51. The zero-order valence-corrected chi connectivity index (χ0v) is 10.8. The molecular weight excluding hydrogens is 214 g/mol. The SMILES string of the molecule is ClB([C@H]1C[C@@H]2CC[C@H]1C2)[C@@H]1C[C@@H]2CC[C@H]1C2. The number of hydrogen-bond acceptors (Lipinski definition) is 0. The van der Waals surface area contributed by atoms with E-state index in [1.54, 1.807) is 0 Å². The molecule has 2 heteroatoms. The van der Waals surface area contributed by atoms with Crippen molar-refractivity contribution in [2.75, 3.05) is 0 Å². The molecule has 0 saturated heterocycles. The van der Waals surface area contributed by atoms with Crippen molar-refractivity contribution < 1.29 is 0 Å². The van der Waals surface area contributed by atoms with Gasteiger partial charge in [-0.05, 0) is 48.1 Å².